The zero-order chi connectivity index (χ0) is 23.4. The lowest BCUT2D eigenvalue weighted by Crippen LogP contribution is -2.31. The molecular weight excluding hydrogens is 414 g/mol. The Morgan fingerprint density at radius 3 is 2.18 bits per heavy atom. The highest BCUT2D eigenvalue weighted by Gasteiger charge is 2.29. The van der Waals surface area contributed by atoms with Gasteiger partial charge in [0.05, 0.1) is 26.9 Å². The van der Waals surface area contributed by atoms with E-state index < -0.39 is 0 Å². The molecule has 170 valence electrons. The molecule has 33 heavy (non-hydrogen) atoms. The van der Waals surface area contributed by atoms with Gasteiger partial charge in [-0.25, -0.2) is 0 Å². The predicted octanol–water partition coefficient (Wildman–Crippen LogP) is 5.23. The summed E-state index contributed by atoms with van der Waals surface area (Å²) >= 11 is 0. The fourth-order valence-electron chi connectivity index (χ4n) is 4.29. The van der Waals surface area contributed by atoms with E-state index in [1.54, 1.807) is 21.3 Å². The number of carbonyl (C=O) groups is 1. The van der Waals surface area contributed by atoms with Gasteiger partial charge < -0.3 is 19.1 Å². The molecular formula is C28H29NO4. The SMILES string of the molecule is COc1ccc(CN2CCc3cc(OC)c(OC)cc3/C(=C(/C)c3ccccc3)C2=O)cc1. The molecule has 0 spiro atoms. The lowest BCUT2D eigenvalue weighted by Gasteiger charge is -2.23. The number of hydrogen-bond acceptors (Lipinski definition) is 4. The third-order valence-electron chi connectivity index (χ3n) is 6.15. The summed E-state index contributed by atoms with van der Waals surface area (Å²) in [5.74, 6) is 2.10. The summed E-state index contributed by atoms with van der Waals surface area (Å²) in [6.07, 6.45) is 0.725. The van der Waals surface area contributed by atoms with E-state index in [-0.39, 0.29) is 5.91 Å². The molecule has 0 radical (unpaired) electrons. The number of amides is 1. The molecule has 1 aliphatic rings. The molecule has 0 saturated heterocycles. The molecule has 0 N–H and O–H groups in total. The first kappa shape index (κ1) is 22.5. The predicted molar refractivity (Wildman–Crippen MR) is 131 cm³/mol. The van der Waals surface area contributed by atoms with E-state index in [1.165, 1.54) is 0 Å². The second-order valence-electron chi connectivity index (χ2n) is 8.06. The Labute approximate surface area is 195 Å². The first-order valence-electron chi connectivity index (χ1n) is 11.0. The largest absolute Gasteiger partial charge is 0.497 e. The summed E-state index contributed by atoms with van der Waals surface area (Å²) in [5, 5.41) is 0. The first-order chi connectivity index (χ1) is 16.0. The van der Waals surface area contributed by atoms with Crippen molar-refractivity contribution < 1.29 is 19.0 Å². The topological polar surface area (TPSA) is 48.0 Å². The van der Waals surface area contributed by atoms with Gasteiger partial charge in [0.1, 0.15) is 5.75 Å². The molecule has 5 heteroatoms. The van der Waals surface area contributed by atoms with Crippen molar-refractivity contribution in [2.45, 2.75) is 19.9 Å². The number of carbonyl (C=O) groups excluding carboxylic acids is 1. The standard InChI is InChI=1S/C28H29NO4/c1-19(21-8-6-5-7-9-21)27-24-17-26(33-4)25(32-3)16-22(24)14-15-29(28(27)30)18-20-10-12-23(31-2)13-11-20/h5-13,16-17H,14-15,18H2,1-4H3/b27-19+. The molecule has 4 rings (SSSR count). The highest BCUT2D eigenvalue weighted by molar-refractivity contribution is 6.27. The van der Waals surface area contributed by atoms with Crippen LogP contribution < -0.4 is 14.2 Å². The third kappa shape index (κ3) is 4.58. The molecule has 0 bridgehead atoms. The summed E-state index contributed by atoms with van der Waals surface area (Å²) in [5.41, 5.74) is 5.69. The maximum atomic E-state index is 14.0. The van der Waals surface area contributed by atoms with Crippen LogP contribution in [0.5, 0.6) is 17.2 Å². The normalized spacial score (nSPS) is 14.9. The number of ether oxygens (including phenoxy) is 3. The van der Waals surface area contributed by atoms with Gasteiger partial charge in [-0.1, -0.05) is 42.5 Å². The Hall–Kier alpha value is -3.73. The van der Waals surface area contributed by atoms with Gasteiger partial charge in [0, 0.05) is 13.1 Å². The zero-order valence-corrected chi connectivity index (χ0v) is 19.6. The average Bonchev–Trinajstić information content (AvgIpc) is 2.99. The average molecular weight is 444 g/mol. The van der Waals surface area contributed by atoms with Crippen LogP contribution in [0.1, 0.15) is 29.2 Å². The molecule has 0 fully saturated rings. The molecule has 3 aromatic carbocycles. The molecule has 1 amide bonds. The number of nitrogens with zero attached hydrogens (tertiary/aromatic N) is 1. The number of fused-ring (bicyclic) bond motifs is 1. The van der Waals surface area contributed by atoms with Crippen molar-refractivity contribution in [1.82, 2.24) is 4.90 Å². The summed E-state index contributed by atoms with van der Waals surface area (Å²) < 4.78 is 16.4. The molecule has 0 atom stereocenters. The summed E-state index contributed by atoms with van der Waals surface area (Å²) in [7, 11) is 4.90. The summed E-state index contributed by atoms with van der Waals surface area (Å²) in [6.45, 7) is 3.15. The van der Waals surface area contributed by atoms with Gasteiger partial charge in [-0.2, -0.15) is 0 Å². The van der Waals surface area contributed by atoms with Crippen LogP contribution in [-0.4, -0.2) is 38.7 Å². The van der Waals surface area contributed by atoms with Gasteiger partial charge in [-0.05, 0) is 65.4 Å². The minimum Gasteiger partial charge on any atom is -0.497 e. The van der Waals surface area contributed by atoms with E-state index in [4.69, 9.17) is 14.2 Å². The van der Waals surface area contributed by atoms with Crippen molar-refractivity contribution in [1.29, 1.82) is 0 Å². The van der Waals surface area contributed by atoms with E-state index in [0.717, 1.165) is 40.0 Å². The molecule has 3 aromatic rings. The van der Waals surface area contributed by atoms with Crippen molar-refractivity contribution >= 4 is 17.1 Å². The van der Waals surface area contributed by atoms with Gasteiger partial charge in [-0.15, -0.1) is 0 Å². The second kappa shape index (κ2) is 9.82. The summed E-state index contributed by atoms with van der Waals surface area (Å²) in [4.78, 5) is 15.9. The van der Waals surface area contributed by atoms with Crippen molar-refractivity contribution in [3.8, 4) is 17.2 Å². The maximum Gasteiger partial charge on any atom is 0.255 e. The molecule has 1 heterocycles. The molecule has 0 aliphatic carbocycles. The quantitative estimate of drug-likeness (QED) is 0.490. The van der Waals surface area contributed by atoms with Crippen molar-refractivity contribution in [3.05, 3.63) is 89.0 Å². The fraction of sp³-hybridized carbons (Fsp3) is 0.250. The Kier molecular flexibility index (Phi) is 6.68. The third-order valence-corrected chi connectivity index (χ3v) is 6.15. The van der Waals surface area contributed by atoms with Gasteiger partial charge in [-0.3, -0.25) is 4.79 Å². The Bertz CT molecular complexity index is 1170. The fourth-order valence-corrected chi connectivity index (χ4v) is 4.29. The number of allylic oxidation sites excluding steroid dienone is 1. The van der Waals surface area contributed by atoms with Crippen LogP contribution in [0.3, 0.4) is 0 Å². The van der Waals surface area contributed by atoms with E-state index in [9.17, 15) is 4.79 Å². The van der Waals surface area contributed by atoms with Crippen LogP contribution in [0, 0.1) is 0 Å². The van der Waals surface area contributed by atoms with Crippen LogP contribution in [0.15, 0.2) is 66.7 Å². The number of hydrogen-bond donors (Lipinski definition) is 0. The van der Waals surface area contributed by atoms with Gasteiger partial charge >= 0.3 is 0 Å². The highest BCUT2D eigenvalue weighted by Crippen LogP contribution is 2.39. The highest BCUT2D eigenvalue weighted by atomic mass is 16.5. The molecule has 1 aliphatic heterocycles. The minimum atomic E-state index is 0.0122. The first-order valence-corrected chi connectivity index (χ1v) is 11.0. The number of benzene rings is 3. The Morgan fingerprint density at radius 1 is 0.879 bits per heavy atom. The van der Waals surface area contributed by atoms with Crippen LogP contribution in [-0.2, 0) is 17.8 Å². The van der Waals surface area contributed by atoms with Crippen molar-refractivity contribution in [3.63, 3.8) is 0 Å². The van der Waals surface area contributed by atoms with Crippen molar-refractivity contribution in [2.75, 3.05) is 27.9 Å². The second-order valence-corrected chi connectivity index (χ2v) is 8.06. The lowest BCUT2D eigenvalue weighted by atomic mass is 9.91. The van der Waals surface area contributed by atoms with Gasteiger partial charge in [0.2, 0.25) is 0 Å². The van der Waals surface area contributed by atoms with Crippen LogP contribution in [0.2, 0.25) is 0 Å². The van der Waals surface area contributed by atoms with Gasteiger partial charge in [0.15, 0.2) is 11.5 Å². The van der Waals surface area contributed by atoms with E-state index >= 15 is 0 Å². The minimum absolute atomic E-state index is 0.0122. The van der Waals surface area contributed by atoms with Crippen LogP contribution in [0.25, 0.3) is 11.1 Å². The number of methoxy groups -OCH3 is 3. The van der Waals surface area contributed by atoms with E-state index in [2.05, 4.69) is 0 Å². The van der Waals surface area contributed by atoms with Crippen molar-refractivity contribution in [2.24, 2.45) is 0 Å². The van der Waals surface area contributed by atoms with Crippen LogP contribution >= 0.6 is 0 Å². The molecule has 0 unspecified atom stereocenters. The smallest absolute Gasteiger partial charge is 0.255 e. The monoisotopic (exact) mass is 443 g/mol. The van der Waals surface area contributed by atoms with Gasteiger partial charge in [0.25, 0.3) is 5.91 Å². The lowest BCUT2D eigenvalue weighted by molar-refractivity contribution is -0.125. The van der Waals surface area contributed by atoms with Crippen LogP contribution in [0.4, 0.5) is 0 Å². The molecule has 0 aromatic heterocycles. The van der Waals surface area contributed by atoms with E-state index in [1.807, 2.05) is 78.6 Å². The van der Waals surface area contributed by atoms with E-state index in [0.29, 0.717) is 30.2 Å². The summed E-state index contributed by atoms with van der Waals surface area (Å²) in [6, 6.07) is 21.8. The molecule has 0 saturated carbocycles. The number of rotatable bonds is 6. The Morgan fingerprint density at radius 2 is 1.55 bits per heavy atom. The maximum absolute atomic E-state index is 14.0. The Balaban J connectivity index is 1.82. The molecule has 5 nitrogen and oxygen atoms in total. The zero-order valence-electron chi connectivity index (χ0n) is 19.6.